The second-order valence-corrected chi connectivity index (χ2v) is 3.72. The van der Waals surface area contributed by atoms with Gasteiger partial charge in [-0.25, -0.2) is 4.79 Å². The summed E-state index contributed by atoms with van der Waals surface area (Å²) in [5.74, 6) is -2.12. The van der Waals surface area contributed by atoms with Crippen LogP contribution in [0, 0.1) is 5.92 Å². The highest BCUT2D eigenvalue weighted by molar-refractivity contribution is 5.84. The lowest BCUT2D eigenvalue weighted by Gasteiger charge is -2.16. The summed E-state index contributed by atoms with van der Waals surface area (Å²) in [6, 6.07) is 8.45. The van der Waals surface area contributed by atoms with Gasteiger partial charge in [-0.3, -0.25) is 4.79 Å². The van der Waals surface area contributed by atoms with E-state index in [4.69, 9.17) is 4.74 Å². The van der Waals surface area contributed by atoms with Crippen molar-refractivity contribution in [1.29, 1.82) is 0 Å². The molecule has 1 aromatic carbocycles. The highest BCUT2D eigenvalue weighted by atomic mass is 16.6. The lowest BCUT2D eigenvalue weighted by molar-refractivity contribution is -0.161. The maximum Gasteiger partial charge on any atom is 0.335 e. The molecule has 0 fully saturated rings. The van der Waals surface area contributed by atoms with Gasteiger partial charge >= 0.3 is 11.9 Å². The van der Waals surface area contributed by atoms with Crippen LogP contribution in [0.2, 0.25) is 0 Å². The molecule has 5 nitrogen and oxygen atoms in total. The van der Waals surface area contributed by atoms with E-state index in [2.05, 4.69) is 4.74 Å². The van der Waals surface area contributed by atoms with Gasteiger partial charge in [-0.15, -0.1) is 0 Å². The number of ether oxygens (including phenoxy) is 2. The number of rotatable bonds is 5. The number of carbonyl (C=O) groups excluding carboxylic acids is 2. The van der Waals surface area contributed by atoms with Crippen LogP contribution in [0.5, 0.6) is 5.75 Å². The van der Waals surface area contributed by atoms with E-state index in [0.29, 0.717) is 5.75 Å². The molecule has 1 N–H and O–H groups in total. The highest BCUT2D eigenvalue weighted by Crippen LogP contribution is 2.13. The van der Waals surface area contributed by atoms with Crippen molar-refractivity contribution in [2.75, 3.05) is 6.61 Å². The molecule has 0 saturated heterocycles. The Balaban J connectivity index is 2.58. The first kappa shape index (κ1) is 14.2. The third-order valence-corrected chi connectivity index (χ3v) is 2.34. The molecule has 0 aromatic heterocycles. The summed E-state index contributed by atoms with van der Waals surface area (Å²) in [4.78, 5) is 22.9. The molecule has 0 radical (unpaired) electrons. The van der Waals surface area contributed by atoms with E-state index < -0.39 is 24.0 Å². The number of carbonyl (C=O) groups is 2. The normalized spacial score (nSPS) is 13.5. The third-order valence-electron chi connectivity index (χ3n) is 2.34. The fraction of sp³-hybridized carbons (Fsp3) is 0.385. The molecule has 0 heterocycles. The van der Waals surface area contributed by atoms with E-state index in [0.717, 1.165) is 0 Å². The van der Waals surface area contributed by atoms with E-state index >= 15 is 0 Å². The first-order chi connectivity index (χ1) is 8.56. The Morgan fingerprint density at radius 3 is 2.39 bits per heavy atom. The molecule has 98 valence electrons. The van der Waals surface area contributed by atoms with Crippen molar-refractivity contribution in [3.05, 3.63) is 30.3 Å². The van der Waals surface area contributed by atoms with Gasteiger partial charge in [-0.1, -0.05) is 18.2 Å². The fourth-order valence-corrected chi connectivity index (χ4v) is 1.26. The zero-order chi connectivity index (χ0) is 13.5. The average molecular weight is 252 g/mol. The first-order valence-electron chi connectivity index (χ1n) is 5.67. The van der Waals surface area contributed by atoms with Gasteiger partial charge in [0, 0.05) is 0 Å². The number of esters is 2. The van der Waals surface area contributed by atoms with Gasteiger partial charge in [-0.2, -0.15) is 0 Å². The Labute approximate surface area is 105 Å². The summed E-state index contributed by atoms with van der Waals surface area (Å²) in [5, 5.41) is 9.59. The molecule has 0 saturated carbocycles. The maximum atomic E-state index is 11.7. The van der Waals surface area contributed by atoms with E-state index in [1.165, 1.54) is 6.92 Å². The van der Waals surface area contributed by atoms with E-state index in [1.807, 2.05) is 0 Å². The SMILES string of the molecule is CCOC(=O)[C@H](O)[C@@H](C)C(=O)Oc1ccccc1. The highest BCUT2D eigenvalue weighted by Gasteiger charge is 2.30. The van der Waals surface area contributed by atoms with Crippen molar-refractivity contribution >= 4 is 11.9 Å². The van der Waals surface area contributed by atoms with Gasteiger partial charge < -0.3 is 14.6 Å². The molecule has 0 aliphatic carbocycles. The Morgan fingerprint density at radius 2 is 1.83 bits per heavy atom. The number of aliphatic hydroxyl groups is 1. The number of para-hydroxylation sites is 1. The van der Waals surface area contributed by atoms with Crippen LogP contribution in [0.15, 0.2) is 30.3 Å². The summed E-state index contributed by atoms with van der Waals surface area (Å²) in [6.07, 6.45) is -1.51. The minimum absolute atomic E-state index is 0.149. The van der Waals surface area contributed by atoms with Crippen molar-refractivity contribution < 1.29 is 24.2 Å². The second-order valence-electron chi connectivity index (χ2n) is 3.72. The van der Waals surface area contributed by atoms with E-state index in [1.54, 1.807) is 37.3 Å². The van der Waals surface area contributed by atoms with Crippen LogP contribution in [0.3, 0.4) is 0 Å². The minimum Gasteiger partial charge on any atom is -0.464 e. The van der Waals surface area contributed by atoms with Gasteiger partial charge in [0.2, 0.25) is 0 Å². The summed E-state index contributed by atoms with van der Waals surface area (Å²) < 4.78 is 9.65. The van der Waals surface area contributed by atoms with Crippen molar-refractivity contribution in [3.63, 3.8) is 0 Å². The molecule has 0 unspecified atom stereocenters. The number of aliphatic hydroxyl groups excluding tert-OH is 1. The molecule has 0 amide bonds. The molecule has 0 spiro atoms. The van der Waals surface area contributed by atoms with Gasteiger partial charge in [0.05, 0.1) is 12.5 Å². The molecule has 5 heteroatoms. The molecule has 1 aromatic rings. The Morgan fingerprint density at radius 1 is 1.22 bits per heavy atom. The zero-order valence-corrected chi connectivity index (χ0v) is 10.3. The van der Waals surface area contributed by atoms with Gasteiger partial charge in [0.25, 0.3) is 0 Å². The lowest BCUT2D eigenvalue weighted by atomic mass is 10.1. The molecule has 18 heavy (non-hydrogen) atoms. The summed E-state index contributed by atoms with van der Waals surface area (Å²) >= 11 is 0. The number of hydrogen-bond acceptors (Lipinski definition) is 5. The topological polar surface area (TPSA) is 72.8 Å². The van der Waals surface area contributed by atoms with Gasteiger partial charge in [0.1, 0.15) is 5.75 Å². The Hall–Kier alpha value is -1.88. The molecule has 0 aliphatic rings. The smallest absolute Gasteiger partial charge is 0.335 e. The van der Waals surface area contributed by atoms with Gasteiger partial charge in [0.15, 0.2) is 6.10 Å². The van der Waals surface area contributed by atoms with Crippen LogP contribution >= 0.6 is 0 Å². The standard InChI is InChI=1S/C13H16O5/c1-3-17-13(16)11(14)9(2)12(15)18-10-7-5-4-6-8-10/h4-9,11,14H,3H2,1-2H3/t9-,11-/m1/s1. The van der Waals surface area contributed by atoms with Crippen LogP contribution in [0.25, 0.3) is 0 Å². The minimum atomic E-state index is -1.51. The average Bonchev–Trinajstić information content (AvgIpc) is 2.38. The van der Waals surface area contributed by atoms with Gasteiger partial charge in [-0.05, 0) is 26.0 Å². The van der Waals surface area contributed by atoms with Crippen LogP contribution in [0.4, 0.5) is 0 Å². The predicted molar refractivity (Wildman–Crippen MR) is 63.9 cm³/mol. The lowest BCUT2D eigenvalue weighted by Crippen LogP contribution is -2.36. The fourth-order valence-electron chi connectivity index (χ4n) is 1.26. The predicted octanol–water partition coefficient (Wildman–Crippen LogP) is 1.15. The first-order valence-corrected chi connectivity index (χ1v) is 5.67. The third kappa shape index (κ3) is 3.85. The molecule has 0 bridgehead atoms. The largest absolute Gasteiger partial charge is 0.464 e. The van der Waals surface area contributed by atoms with Crippen LogP contribution in [0.1, 0.15) is 13.8 Å². The van der Waals surface area contributed by atoms with Crippen molar-refractivity contribution in [2.45, 2.75) is 20.0 Å². The van der Waals surface area contributed by atoms with Crippen LogP contribution < -0.4 is 4.74 Å². The number of hydrogen-bond donors (Lipinski definition) is 1. The maximum absolute atomic E-state index is 11.7. The molecule has 0 aliphatic heterocycles. The monoisotopic (exact) mass is 252 g/mol. The summed E-state index contributed by atoms with van der Waals surface area (Å²) in [7, 11) is 0. The molecule has 2 atom stereocenters. The number of benzene rings is 1. The molecular weight excluding hydrogens is 236 g/mol. The summed E-state index contributed by atoms with van der Waals surface area (Å²) in [5.41, 5.74) is 0. The second kappa shape index (κ2) is 6.76. The van der Waals surface area contributed by atoms with Crippen LogP contribution in [-0.4, -0.2) is 29.8 Å². The van der Waals surface area contributed by atoms with Crippen molar-refractivity contribution in [3.8, 4) is 5.75 Å². The summed E-state index contributed by atoms with van der Waals surface area (Å²) in [6.45, 7) is 3.18. The molecular formula is C13H16O5. The Bertz CT molecular complexity index is 401. The molecule has 1 rings (SSSR count). The van der Waals surface area contributed by atoms with Crippen molar-refractivity contribution in [1.82, 2.24) is 0 Å². The van der Waals surface area contributed by atoms with Crippen molar-refractivity contribution in [2.24, 2.45) is 5.92 Å². The quantitative estimate of drug-likeness (QED) is 0.628. The zero-order valence-electron chi connectivity index (χ0n) is 10.3. The van der Waals surface area contributed by atoms with E-state index in [-0.39, 0.29) is 6.61 Å². The van der Waals surface area contributed by atoms with E-state index in [9.17, 15) is 14.7 Å². The van der Waals surface area contributed by atoms with Crippen LogP contribution in [-0.2, 0) is 14.3 Å². The Kier molecular flexibility index (Phi) is 5.32.